The molecule has 1 saturated heterocycles. The molecule has 0 saturated carbocycles. The summed E-state index contributed by atoms with van der Waals surface area (Å²) in [4.78, 5) is 14.1. The highest BCUT2D eigenvalue weighted by Crippen LogP contribution is 2.25. The van der Waals surface area contributed by atoms with E-state index in [1.165, 1.54) is 36.4 Å². The average Bonchev–Trinajstić information content (AvgIpc) is 3.21. The van der Waals surface area contributed by atoms with Crippen molar-refractivity contribution in [2.24, 2.45) is 0 Å². The first kappa shape index (κ1) is 16.5. The minimum atomic E-state index is -0.628. The SMILES string of the molecule is O=C(NC1CCN(c2ccc(F)cc2F)C1)c1cc2cc(F)ccc2o1. The number of nitrogens with one attached hydrogen (secondary N) is 1. The molecule has 1 atom stereocenters. The molecule has 0 aliphatic carbocycles. The van der Waals surface area contributed by atoms with Crippen LogP contribution in [0.15, 0.2) is 46.9 Å². The number of carbonyl (C=O) groups is 1. The Morgan fingerprint density at radius 1 is 1.08 bits per heavy atom. The largest absolute Gasteiger partial charge is 0.451 e. The summed E-state index contributed by atoms with van der Waals surface area (Å²) in [5.41, 5.74) is 0.736. The molecule has 1 fully saturated rings. The van der Waals surface area contributed by atoms with Crippen LogP contribution in [0.2, 0.25) is 0 Å². The van der Waals surface area contributed by atoms with Gasteiger partial charge in [0.1, 0.15) is 23.0 Å². The van der Waals surface area contributed by atoms with E-state index < -0.39 is 23.4 Å². The topological polar surface area (TPSA) is 45.5 Å². The number of hydrogen-bond donors (Lipinski definition) is 1. The Morgan fingerprint density at radius 3 is 2.65 bits per heavy atom. The van der Waals surface area contributed by atoms with Gasteiger partial charge in [0.05, 0.1) is 5.69 Å². The van der Waals surface area contributed by atoms with Crippen LogP contribution in [0.3, 0.4) is 0 Å². The van der Waals surface area contributed by atoms with Gasteiger partial charge in [-0.25, -0.2) is 13.2 Å². The maximum atomic E-state index is 13.9. The fraction of sp³-hybridized carbons (Fsp3) is 0.211. The molecule has 1 aliphatic rings. The molecule has 134 valence electrons. The number of anilines is 1. The third-order valence-corrected chi connectivity index (χ3v) is 4.48. The first-order chi connectivity index (χ1) is 12.5. The number of hydrogen-bond acceptors (Lipinski definition) is 3. The summed E-state index contributed by atoms with van der Waals surface area (Å²) < 4.78 is 45.6. The van der Waals surface area contributed by atoms with Crippen LogP contribution in [0.4, 0.5) is 18.9 Å². The third kappa shape index (κ3) is 3.12. The van der Waals surface area contributed by atoms with Crippen LogP contribution in [0.1, 0.15) is 17.0 Å². The number of amides is 1. The summed E-state index contributed by atoms with van der Waals surface area (Å²) >= 11 is 0. The van der Waals surface area contributed by atoms with Crippen molar-refractivity contribution in [2.75, 3.05) is 18.0 Å². The molecule has 1 unspecified atom stereocenters. The van der Waals surface area contributed by atoms with E-state index in [-0.39, 0.29) is 11.8 Å². The van der Waals surface area contributed by atoms with Crippen molar-refractivity contribution in [1.29, 1.82) is 0 Å². The lowest BCUT2D eigenvalue weighted by molar-refractivity contribution is 0.0914. The van der Waals surface area contributed by atoms with Crippen LogP contribution < -0.4 is 10.2 Å². The predicted molar refractivity (Wildman–Crippen MR) is 90.6 cm³/mol. The predicted octanol–water partition coefficient (Wildman–Crippen LogP) is 3.86. The summed E-state index contributed by atoms with van der Waals surface area (Å²) in [6.45, 7) is 0.946. The highest BCUT2D eigenvalue weighted by molar-refractivity contribution is 5.96. The van der Waals surface area contributed by atoms with Crippen LogP contribution in [0.5, 0.6) is 0 Å². The normalized spacial score (nSPS) is 17.0. The number of fused-ring (bicyclic) bond motifs is 1. The lowest BCUT2D eigenvalue weighted by Crippen LogP contribution is -2.37. The number of benzene rings is 2. The molecular weight excluding hydrogens is 345 g/mol. The minimum Gasteiger partial charge on any atom is -0.451 e. The van der Waals surface area contributed by atoms with Gasteiger partial charge in [-0.05, 0) is 42.8 Å². The number of carbonyl (C=O) groups excluding carboxylic acids is 1. The molecule has 0 spiro atoms. The second-order valence-corrected chi connectivity index (χ2v) is 6.29. The zero-order valence-electron chi connectivity index (χ0n) is 13.6. The van der Waals surface area contributed by atoms with Gasteiger partial charge in [-0.3, -0.25) is 4.79 Å². The molecule has 1 aromatic heterocycles. The minimum absolute atomic E-state index is 0.0945. The fourth-order valence-electron chi connectivity index (χ4n) is 3.22. The van der Waals surface area contributed by atoms with E-state index in [4.69, 9.17) is 4.42 Å². The molecule has 1 amide bonds. The Kier molecular flexibility index (Phi) is 4.06. The van der Waals surface area contributed by atoms with Gasteiger partial charge < -0.3 is 14.6 Å². The Hall–Kier alpha value is -2.96. The molecule has 4 nitrogen and oxygen atoms in total. The first-order valence-corrected chi connectivity index (χ1v) is 8.19. The molecule has 4 rings (SSSR count). The molecule has 2 aromatic carbocycles. The molecule has 1 N–H and O–H groups in total. The molecule has 7 heteroatoms. The molecule has 0 radical (unpaired) electrons. The van der Waals surface area contributed by atoms with Crippen molar-refractivity contribution in [3.05, 3.63) is 65.7 Å². The Morgan fingerprint density at radius 2 is 1.85 bits per heavy atom. The zero-order valence-corrected chi connectivity index (χ0v) is 13.6. The van der Waals surface area contributed by atoms with Gasteiger partial charge in [-0.1, -0.05) is 0 Å². The van der Waals surface area contributed by atoms with Gasteiger partial charge in [0, 0.05) is 30.6 Å². The standard InChI is InChI=1S/C19H15F3N2O2/c20-12-2-4-17-11(7-12)8-18(26-17)19(25)23-14-5-6-24(10-14)16-3-1-13(21)9-15(16)22/h1-4,7-9,14H,5-6,10H2,(H,23,25). The Labute approximate surface area is 147 Å². The van der Waals surface area contributed by atoms with Crippen LogP contribution >= 0.6 is 0 Å². The van der Waals surface area contributed by atoms with E-state index >= 15 is 0 Å². The first-order valence-electron chi connectivity index (χ1n) is 8.19. The van der Waals surface area contributed by atoms with Gasteiger partial charge in [0.25, 0.3) is 5.91 Å². The quantitative estimate of drug-likeness (QED) is 0.772. The van der Waals surface area contributed by atoms with Crippen molar-refractivity contribution in [3.8, 4) is 0 Å². The molecule has 2 heterocycles. The summed E-state index contributed by atoms with van der Waals surface area (Å²) in [6, 6.07) is 8.76. The van der Waals surface area contributed by atoms with Crippen molar-refractivity contribution < 1.29 is 22.4 Å². The lowest BCUT2D eigenvalue weighted by Gasteiger charge is -2.19. The monoisotopic (exact) mass is 360 g/mol. The van der Waals surface area contributed by atoms with Crippen LogP contribution in [-0.2, 0) is 0 Å². The summed E-state index contributed by atoms with van der Waals surface area (Å²) in [5.74, 6) is -1.98. The van der Waals surface area contributed by atoms with Gasteiger partial charge in [-0.2, -0.15) is 0 Å². The van der Waals surface area contributed by atoms with Crippen LogP contribution in [-0.4, -0.2) is 25.0 Å². The van der Waals surface area contributed by atoms with E-state index in [9.17, 15) is 18.0 Å². The van der Waals surface area contributed by atoms with E-state index in [0.717, 1.165) is 6.07 Å². The van der Waals surface area contributed by atoms with Crippen molar-refractivity contribution in [1.82, 2.24) is 5.32 Å². The van der Waals surface area contributed by atoms with Crippen molar-refractivity contribution in [3.63, 3.8) is 0 Å². The van der Waals surface area contributed by atoms with Gasteiger partial charge in [0.2, 0.25) is 0 Å². The Bertz CT molecular complexity index is 986. The maximum Gasteiger partial charge on any atom is 0.287 e. The smallest absolute Gasteiger partial charge is 0.287 e. The number of rotatable bonds is 3. The third-order valence-electron chi connectivity index (χ3n) is 4.48. The summed E-state index contributed by atoms with van der Waals surface area (Å²) in [5, 5.41) is 3.35. The number of halogens is 3. The van der Waals surface area contributed by atoms with Crippen LogP contribution in [0, 0.1) is 17.5 Å². The molecule has 0 bridgehead atoms. The van der Waals surface area contributed by atoms with Gasteiger partial charge >= 0.3 is 0 Å². The van der Waals surface area contributed by atoms with E-state index in [1.807, 2.05) is 0 Å². The Balaban J connectivity index is 1.45. The lowest BCUT2D eigenvalue weighted by atomic mass is 10.2. The van der Waals surface area contributed by atoms with E-state index in [0.29, 0.717) is 36.2 Å². The van der Waals surface area contributed by atoms with Crippen molar-refractivity contribution >= 4 is 22.6 Å². The fourth-order valence-corrected chi connectivity index (χ4v) is 3.22. The van der Waals surface area contributed by atoms with Gasteiger partial charge in [0.15, 0.2) is 5.76 Å². The van der Waals surface area contributed by atoms with Gasteiger partial charge in [-0.15, -0.1) is 0 Å². The second kappa shape index (κ2) is 6.40. The molecule has 26 heavy (non-hydrogen) atoms. The summed E-state index contributed by atoms with van der Waals surface area (Å²) in [7, 11) is 0. The van der Waals surface area contributed by atoms with E-state index in [2.05, 4.69) is 5.32 Å². The number of nitrogens with zero attached hydrogens (tertiary/aromatic N) is 1. The van der Waals surface area contributed by atoms with E-state index in [1.54, 1.807) is 4.90 Å². The van der Waals surface area contributed by atoms with Crippen molar-refractivity contribution in [2.45, 2.75) is 12.5 Å². The molecule has 3 aromatic rings. The molecular formula is C19H15F3N2O2. The zero-order chi connectivity index (χ0) is 18.3. The highest BCUT2D eigenvalue weighted by Gasteiger charge is 2.27. The molecule has 1 aliphatic heterocycles. The number of furan rings is 1. The second-order valence-electron chi connectivity index (χ2n) is 6.29. The highest BCUT2D eigenvalue weighted by atomic mass is 19.1. The average molecular weight is 360 g/mol. The summed E-state index contributed by atoms with van der Waals surface area (Å²) in [6.07, 6.45) is 0.622. The maximum absolute atomic E-state index is 13.9. The van der Waals surface area contributed by atoms with Crippen LogP contribution in [0.25, 0.3) is 11.0 Å².